The Morgan fingerprint density at radius 1 is 1.46 bits per heavy atom. The molecule has 0 heterocycles. The Kier molecular flexibility index (Phi) is 3.31. The number of carbonyl (C=O) groups excluding carboxylic acids is 1. The van der Waals surface area contributed by atoms with Crippen molar-refractivity contribution in [3.8, 4) is 0 Å². The summed E-state index contributed by atoms with van der Waals surface area (Å²) in [5, 5.41) is 6.18. The fourth-order valence-electron chi connectivity index (χ4n) is 1.03. The van der Waals surface area contributed by atoms with Gasteiger partial charge in [-0.15, -0.1) is 0 Å². The second-order valence-corrected chi connectivity index (χ2v) is 4.44. The molecule has 1 aliphatic rings. The van der Waals surface area contributed by atoms with Crippen LogP contribution in [0, 0.1) is 0 Å². The summed E-state index contributed by atoms with van der Waals surface area (Å²) in [6.07, 6.45) is 3.41. The number of hydrogen-bond acceptors (Lipinski definition) is 2. The van der Waals surface area contributed by atoms with E-state index < -0.39 is 0 Å². The molecule has 3 heteroatoms. The van der Waals surface area contributed by atoms with Crippen molar-refractivity contribution in [2.45, 2.75) is 51.6 Å². The Morgan fingerprint density at radius 3 is 2.54 bits per heavy atom. The van der Waals surface area contributed by atoms with Gasteiger partial charge in [0.25, 0.3) is 0 Å². The van der Waals surface area contributed by atoms with Gasteiger partial charge in [-0.25, -0.2) is 0 Å². The molecule has 0 atom stereocenters. The first-order chi connectivity index (χ1) is 6.03. The molecule has 0 spiro atoms. The summed E-state index contributed by atoms with van der Waals surface area (Å²) in [6.45, 7) is 6.63. The number of rotatable bonds is 5. The lowest BCUT2D eigenvalue weighted by Crippen LogP contribution is -2.46. The Balaban J connectivity index is 2.15. The molecule has 0 aromatic rings. The van der Waals surface area contributed by atoms with E-state index in [-0.39, 0.29) is 11.4 Å². The van der Waals surface area contributed by atoms with Crippen LogP contribution in [0.3, 0.4) is 0 Å². The van der Waals surface area contributed by atoms with Crippen LogP contribution in [0.2, 0.25) is 0 Å². The fraction of sp³-hybridized carbons (Fsp3) is 0.900. The number of hydrogen-bond donors (Lipinski definition) is 2. The first kappa shape index (κ1) is 10.5. The second-order valence-electron chi connectivity index (χ2n) is 4.44. The topological polar surface area (TPSA) is 41.1 Å². The van der Waals surface area contributed by atoms with Crippen molar-refractivity contribution in [1.82, 2.24) is 10.6 Å². The van der Waals surface area contributed by atoms with E-state index in [2.05, 4.69) is 17.6 Å². The molecule has 1 saturated carbocycles. The van der Waals surface area contributed by atoms with Crippen molar-refractivity contribution in [2.24, 2.45) is 0 Å². The van der Waals surface area contributed by atoms with E-state index in [0.717, 1.165) is 6.42 Å². The zero-order valence-corrected chi connectivity index (χ0v) is 8.81. The van der Waals surface area contributed by atoms with Gasteiger partial charge in [0.15, 0.2) is 0 Å². The summed E-state index contributed by atoms with van der Waals surface area (Å²) in [6, 6.07) is 0.607. The average Bonchev–Trinajstić information content (AvgIpc) is 2.83. The summed E-state index contributed by atoms with van der Waals surface area (Å²) >= 11 is 0. The van der Waals surface area contributed by atoms with Gasteiger partial charge in [0.2, 0.25) is 5.91 Å². The molecule has 1 aliphatic carbocycles. The molecule has 0 unspecified atom stereocenters. The summed E-state index contributed by atoms with van der Waals surface area (Å²) in [5.41, 5.74) is -0.0671. The number of nitrogens with one attached hydrogen (secondary N) is 2. The van der Waals surface area contributed by atoms with Gasteiger partial charge >= 0.3 is 0 Å². The van der Waals surface area contributed by atoms with Gasteiger partial charge in [-0.05, 0) is 33.1 Å². The first-order valence-corrected chi connectivity index (χ1v) is 5.08. The molecule has 1 fully saturated rings. The highest BCUT2D eigenvalue weighted by Gasteiger charge is 2.23. The van der Waals surface area contributed by atoms with Gasteiger partial charge in [-0.3, -0.25) is 4.79 Å². The third-order valence-electron chi connectivity index (χ3n) is 2.49. The van der Waals surface area contributed by atoms with E-state index in [1.807, 2.05) is 13.8 Å². The lowest BCUT2D eigenvalue weighted by Gasteiger charge is -2.24. The van der Waals surface area contributed by atoms with Gasteiger partial charge in [0.1, 0.15) is 0 Å². The molecule has 0 radical (unpaired) electrons. The maximum atomic E-state index is 11.4. The molecule has 2 N–H and O–H groups in total. The minimum Gasteiger partial charge on any atom is -0.350 e. The van der Waals surface area contributed by atoms with E-state index >= 15 is 0 Å². The van der Waals surface area contributed by atoms with Crippen LogP contribution in [0.5, 0.6) is 0 Å². The summed E-state index contributed by atoms with van der Waals surface area (Å²) in [4.78, 5) is 11.4. The van der Waals surface area contributed by atoms with Gasteiger partial charge < -0.3 is 10.6 Å². The molecular weight excluding hydrogens is 164 g/mol. The molecule has 0 aromatic heterocycles. The van der Waals surface area contributed by atoms with Crippen LogP contribution in [0.1, 0.15) is 40.0 Å². The zero-order valence-electron chi connectivity index (χ0n) is 8.81. The highest BCUT2D eigenvalue weighted by molar-refractivity contribution is 5.78. The summed E-state index contributed by atoms with van der Waals surface area (Å²) in [7, 11) is 0. The normalized spacial score (nSPS) is 17.2. The fourth-order valence-corrected chi connectivity index (χ4v) is 1.03. The summed E-state index contributed by atoms with van der Waals surface area (Å²) < 4.78 is 0. The monoisotopic (exact) mass is 184 g/mol. The molecule has 13 heavy (non-hydrogen) atoms. The van der Waals surface area contributed by atoms with Crippen LogP contribution >= 0.6 is 0 Å². The van der Waals surface area contributed by atoms with Crippen LogP contribution in [-0.2, 0) is 4.79 Å². The SMILES string of the molecule is CCC(C)(C)NC(=O)CNC1CC1. The average molecular weight is 184 g/mol. The van der Waals surface area contributed by atoms with Gasteiger partial charge in [0, 0.05) is 11.6 Å². The maximum Gasteiger partial charge on any atom is 0.234 e. The van der Waals surface area contributed by atoms with Gasteiger partial charge in [0.05, 0.1) is 6.54 Å². The minimum absolute atomic E-state index is 0.0671. The quantitative estimate of drug-likeness (QED) is 0.670. The Labute approximate surface area is 80.3 Å². The Hall–Kier alpha value is -0.570. The van der Waals surface area contributed by atoms with Crippen LogP contribution in [0.25, 0.3) is 0 Å². The largest absolute Gasteiger partial charge is 0.350 e. The standard InChI is InChI=1S/C10H20N2O/c1-4-10(2,3)12-9(13)7-11-8-5-6-8/h8,11H,4-7H2,1-3H3,(H,12,13). The lowest BCUT2D eigenvalue weighted by molar-refractivity contribution is -0.121. The smallest absolute Gasteiger partial charge is 0.234 e. The van der Waals surface area contributed by atoms with E-state index in [9.17, 15) is 4.79 Å². The third-order valence-corrected chi connectivity index (χ3v) is 2.49. The number of carbonyl (C=O) groups is 1. The van der Waals surface area contributed by atoms with Crippen molar-refractivity contribution in [2.75, 3.05) is 6.54 Å². The zero-order chi connectivity index (χ0) is 9.90. The Bertz CT molecular complexity index is 185. The van der Waals surface area contributed by atoms with Crippen molar-refractivity contribution in [1.29, 1.82) is 0 Å². The van der Waals surface area contributed by atoms with E-state index in [4.69, 9.17) is 0 Å². The van der Waals surface area contributed by atoms with Crippen LogP contribution in [0.4, 0.5) is 0 Å². The molecule has 0 aliphatic heterocycles. The highest BCUT2D eigenvalue weighted by atomic mass is 16.2. The van der Waals surface area contributed by atoms with E-state index in [0.29, 0.717) is 12.6 Å². The van der Waals surface area contributed by atoms with Crippen LogP contribution in [-0.4, -0.2) is 24.0 Å². The molecule has 0 saturated heterocycles. The molecular formula is C10H20N2O. The summed E-state index contributed by atoms with van der Waals surface area (Å²) in [5.74, 6) is 0.110. The molecule has 3 nitrogen and oxygen atoms in total. The van der Waals surface area contributed by atoms with E-state index in [1.165, 1.54) is 12.8 Å². The molecule has 0 aromatic carbocycles. The number of amides is 1. The Morgan fingerprint density at radius 2 is 2.08 bits per heavy atom. The second kappa shape index (κ2) is 4.09. The molecule has 0 bridgehead atoms. The molecule has 76 valence electrons. The van der Waals surface area contributed by atoms with Crippen molar-refractivity contribution in [3.05, 3.63) is 0 Å². The molecule has 1 rings (SSSR count). The highest BCUT2D eigenvalue weighted by Crippen LogP contribution is 2.18. The van der Waals surface area contributed by atoms with Crippen LogP contribution < -0.4 is 10.6 Å². The first-order valence-electron chi connectivity index (χ1n) is 5.08. The molecule has 1 amide bonds. The lowest BCUT2D eigenvalue weighted by atomic mass is 10.0. The van der Waals surface area contributed by atoms with Gasteiger partial charge in [-0.2, -0.15) is 0 Å². The van der Waals surface area contributed by atoms with E-state index in [1.54, 1.807) is 0 Å². The van der Waals surface area contributed by atoms with Crippen LogP contribution in [0.15, 0.2) is 0 Å². The van der Waals surface area contributed by atoms with Crippen molar-refractivity contribution >= 4 is 5.91 Å². The minimum atomic E-state index is -0.0671. The predicted octanol–water partition coefficient (Wildman–Crippen LogP) is 1.04. The van der Waals surface area contributed by atoms with Crippen molar-refractivity contribution < 1.29 is 4.79 Å². The third kappa shape index (κ3) is 4.27. The van der Waals surface area contributed by atoms with Crippen molar-refractivity contribution in [3.63, 3.8) is 0 Å². The maximum absolute atomic E-state index is 11.4. The van der Waals surface area contributed by atoms with Gasteiger partial charge in [-0.1, -0.05) is 6.92 Å². The predicted molar refractivity (Wildman–Crippen MR) is 53.5 cm³/mol.